The van der Waals surface area contributed by atoms with Crippen molar-refractivity contribution >= 4 is 17.3 Å². The highest BCUT2D eigenvalue weighted by molar-refractivity contribution is 6.01. The fraction of sp³-hybridized carbons (Fsp3) is 0.250. The topological polar surface area (TPSA) is 90.7 Å². The SMILES string of the molecule is CC=CC(=O)Nc1cc2c(cc1[N+](=O)[O-])OCCO2. The van der Waals surface area contributed by atoms with Gasteiger partial charge in [0.25, 0.3) is 5.69 Å². The summed E-state index contributed by atoms with van der Waals surface area (Å²) in [6.45, 7) is 2.39. The summed E-state index contributed by atoms with van der Waals surface area (Å²) < 4.78 is 10.6. The summed E-state index contributed by atoms with van der Waals surface area (Å²) in [5.41, 5.74) is -0.153. The van der Waals surface area contributed by atoms with Crippen molar-refractivity contribution in [3.63, 3.8) is 0 Å². The minimum Gasteiger partial charge on any atom is -0.486 e. The number of carbonyl (C=O) groups excluding carboxylic acids is 1. The number of anilines is 1. The number of nitro groups is 1. The molecule has 0 fully saturated rings. The first-order valence-corrected chi connectivity index (χ1v) is 5.63. The van der Waals surface area contributed by atoms with Gasteiger partial charge in [-0.2, -0.15) is 0 Å². The predicted molar refractivity (Wildman–Crippen MR) is 67.5 cm³/mol. The number of hydrogen-bond donors (Lipinski definition) is 1. The van der Waals surface area contributed by atoms with Gasteiger partial charge in [-0.3, -0.25) is 14.9 Å². The van der Waals surface area contributed by atoms with E-state index in [1.165, 1.54) is 18.2 Å². The molecule has 0 radical (unpaired) electrons. The maximum atomic E-state index is 11.5. The van der Waals surface area contributed by atoms with Crippen LogP contribution in [0.25, 0.3) is 0 Å². The van der Waals surface area contributed by atoms with Gasteiger partial charge < -0.3 is 14.8 Å². The first-order chi connectivity index (χ1) is 9.11. The molecule has 0 bridgehead atoms. The van der Waals surface area contributed by atoms with Crippen LogP contribution in [-0.4, -0.2) is 24.0 Å². The number of amides is 1. The molecule has 1 aliphatic heterocycles. The molecule has 0 aliphatic carbocycles. The quantitative estimate of drug-likeness (QED) is 0.511. The molecule has 100 valence electrons. The van der Waals surface area contributed by atoms with E-state index in [0.717, 1.165) is 0 Å². The maximum absolute atomic E-state index is 11.5. The summed E-state index contributed by atoms with van der Waals surface area (Å²) in [5, 5.41) is 13.4. The normalized spacial score (nSPS) is 13.3. The minimum atomic E-state index is -0.580. The Kier molecular flexibility index (Phi) is 3.65. The number of nitrogens with zero attached hydrogens (tertiary/aromatic N) is 1. The van der Waals surface area contributed by atoms with Gasteiger partial charge in [-0.05, 0) is 13.0 Å². The number of carbonyl (C=O) groups is 1. The van der Waals surface area contributed by atoms with E-state index >= 15 is 0 Å². The van der Waals surface area contributed by atoms with Crippen molar-refractivity contribution in [3.05, 3.63) is 34.4 Å². The molecule has 1 amide bonds. The van der Waals surface area contributed by atoms with E-state index in [4.69, 9.17) is 9.47 Å². The molecule has 1 N–H and O–H groups in total. The lowest BCUT2D eigenvalue weighted by molar-refractivity contribution is -0.384. The molecule has 0 atom stereocenters. The lowest BCUT2D eigenvalue weighted by atomic mass is 10.2. The maximum Gasteiger partial charge on any atom is 0.296 e. The van der Waals surface area contributed by atoms with Gasteiger partial charge in [0.05, 0.1) is 11.0 Å². The average molecular weight is 264 g/mol. The third kappa shape index (κ3) is 2.82. The molecule has 1 aromatic carbocycles. The van der Waals surface area contributed by atoms with E-state index in [-0.39, 0.29) is 11.4 Å². The van der Waals surface area contributed by atoms with E-state index in [0.29, 0.717) is 24.7 Å². The van der Waals surface area contributed by atoms with Gasteiger partial charge in [0.2, 0.25) is 5.91 Å². The molecule has 0 aromatic heterocycles. The summed E-state index contributed by atoms with van der Waals surface area (Å²) in [7, 11) is 0. The Morgan fingerprint density at radius 3 is 2.58 bits per heavy atom. The first kappa shape index (κ1) is 12.9. The van der Waals surface area contributed by atoms with E-state index in [1.54, 1.807) is 13.0 Å². The fourth-order valence-corrected chi connectivity index (χ4v) is 1.66. The fourth-order valence-electron chi connectivity index (χ4n) is 1.66. The zero-order valence-electron chi connectivity index (χ0n) is 10.2. The van der Waals surface area contributed by atoms with Crippen molar-refractivity contribution in [3.8, 4) is 11.5 Å². The van der Waals surface area contributed by atoms with Crippen LogP contribution >= 0.6 is 0 Å². The molecule has 2 rings (SSSR count). The smallest absolute Gasteiger partial charge is 0.296 e. The highest BCUT2D eigenvalue weighted by Gasteiger charge is 2.22. The molecule has 7 nitrogen and oxygen atoms in total. The van der Waals surface area contributed by atoms with Gasteiger partial charge in [-0.15, -0.1) is 0 Å². The van der Waals surface area contributed by atoms with Crippen LogP contribution < -0.4 is 14.8 Å². The van der Waals surface area contributed by atoms with Crippen LogP contribution in [0.1, 0.15) is 6.92 Å². The number of nitro benzene ring substituents is 1. The van der Waals surface area contributed by atoms with Gasteiger partial charge in [-0.25, -0.2) is 0 Å². The minimum absolute atomic E-state index is 0.0809. The van der Waals surface area contributed by atoms with E-state index < -0.39 is 10.8 Å². The van der Waals surface area contributed by atoms with Crippen LogP contribution in [-0.2, 0) is 4.79 Å². The summed E-state index contributed by atoms with van der Waals surface area (Å²) in [5.74, 6) is 0.247. The third-order valence-electron chi connectivity index (χ3n) is 2.43. The zero-order valence-corrected chi connectivity index (χ0v) is 10.2. The Bertz CT molecular complexity index is 553. The van der Waals surface area contributed by atoms with Crippen molar-refractivity contribution in [1.82, 2.24) is 0 Å². The summed E-state index contributed by atoms with van der Waals surface area (Å²) in [6, 6.07) is 2.65. The lowest BCUT2D eigenvalue weighted by Gasteiger charge is -2.19. The Morgan fingerprint density at radius 2 is 2.00 bits per heavy atom. The molecule has 7 heteroatoms. The summed E-state index contributed by atoms with van der Waals surface area (Å²) >= 11 is 0. The van der Waals surface area contributed by atoms with Gasteiger partial charge in [-0.1, -0.05) is 6.08 Å². The highest BCUT2D eigenvalue weighted by Crippen LogP contribution is 2.39. The molecule has 1 aromatic rings. The zero-order chi connectivity index (χ0) is 13.8. The van der Waals surface area contributed by atoms with Gasteiger partial charge in [0, 0.05) is 6.07 Å². The highest BCUT2D eigenvalue weighted by atomic mass is 16.6. The second-order valence-electron chi connectivity index (χ2n) is 3.76. The van der Waals surface area contributed by atoms with Crippen LogP contribution in [0.3, 0.4) is 0 Å². The Labute approximate surface area is 109 Å². The Balaban J connectivity index is 2.39. The monoisotopic (exact) mass is 264 g/mol. The van der Waals surface area contributed by atoms with Crippen LogP contribution in [0.2, 0.25) is 0 Å². The number of rotatable bonds is 3. The molecule has 1 aliphatic rings. The van der Waals surface area contributed by atoms with Gasteiger partial charge in [0.15, 0.2) is 11.5 Å². The molecular formula is C12H12N2O5. The number of nitrogens with one attached hydrogen (secondary N) is 1. The van der Waals surface area contributed by atoms with Crippen LogP contribution in [0.15, 0.2) is 24.3 Å². The second kappa shape index (κ2) is 5.38. The van der Waals surface area contributed by atoms with Crippen molar-refractivity contribution in [2.75, 3.05) is 18.5 Å². The van der Waals surface area contributed by atoms with Crippen LogP contribution in [0.4, 0.5) is 11.4 Å². The first-order valence-electron chi connectivity index (χ1n) is 5.63. The number of benzene rings is 1. The van der Waals surface area contributed by atoms with E-state index in [1.807, 2.05) is 0 Å². The molecule has 19 heavy (non-hydrogen) atoms. The summed E-state index contributed by atoms with van der Waals surface area (Å²) in [4.78, 5) is 21.9. The van der Waals surface area contributed by atoms with E-state index in [9.17, 15) is 14.9 Å². The van der Waals surface area contributed by atoms with Crippen molar-refractivity contribution in [2.24, 2.45) is 0 Å². The van der Waals surface area contributed by atoms with Crippen LogP contribution in [0.5, 0.6) is 11.5 Å². The Morgan fingerprint density at radius 1 is 1.37 bits per heavy atom. The molecule has 0 spiro atoms. The number of allylic oxidation sites excluding steroid dienone is 1. The number of ether oxygens (including phenoxy) is 2. The largest absolute Gasteiger partial charge is 0.486 e. The molecular weight excluding hydrogens is 252 g/mol. The van der Waals surface area contributed by atoms with E-state index in [2.05, 4.69) is 5.32 Å². The third-order valence-corrected chi connectivity index (χ3v) is 2.43. The Hall–Kier alpha value is -2.57. The van der Waals surface area contributed by atoms with Crippen molar-refractivity contribution < 1.29 is 19.2 Å². The predicted octanol–water partition coefficient (Wildman–Crippen LogP) is 1.88. The van der Waals surface area contributed by atoms with Crippen molar-refractivity contribution in [1.29, 1.82) is 0 Å². The van der Waals surface area contributed by atoms with Crippen LogP contribution in [0, 0.1) is 10.1 Å². The molecule has 1 heterocycles. The second-order valence-corrected chi connectivity index (χ2v) is 3.76. The molecule has 0 saturated heterocycles. The lowest BCUT2D eigenvalue weighted by Crippen LogP contribution is -2.16. The molecule has 0 unspecified atom stereocenters. The number of hydrogen-bond acceptors (Lipinski definition) is 5. The van der Waals surface area contributed by atoms with Crippen molar-refractivity contribution in [2.45, 2.75) is 6.92 Å². The average Bonchev–Trinajstić information content (AvgIpc) is 2.38. The molecule has 0 saturated carbocycles. The summed E-state index contributed by atoms with van der Waals surface area (Å²) in [6.07, 6.45) is 2.82. The standard InChI is InChI=1S/C12H12N2O5/c1-2-3-12(15)13-8-6-10-11(19-5-4-18-10)7-9(8)14(16)17/h2-3,6-7H,4-5H2,1H3,(H,13,15). The number of fused-ring (bicyclic) bond motifs is 1. The van der Waals surface area contributed by atoms with Gasteiger partial charge >= 0.3 is 0 Å². The van der Waals surface area contributed by atoms with Gasteiger partial charge in [0.1, 0.15) is 18.9 Å².